The van der Waals surface area contributed by atoms with Gasteiger partial charge in [-0.1, -0.05) is 0 Å². The third-order valence-electron chi connectivity index (χ3n) is 4.73. The molecule has 1 aromatic rings. The summed E-state index contributed by atoms with van der Waals surface area (Å²) < 4.78 is 2.05. The van der Waals surface area contributed by atoms with Crippen molar-refractivity contribution in [3.05, 3.63) is 11.3 Å². The molecule has 2 aliphatic heterocycles. The summed E-state index contributed by atoms with van der Waals surface area (Å²) in [6.45, 7) is 8.91. The predicted molar refractivity (Wildman–Crippen MR) is 82.1 cm³/mol. The molecule has 3 heterocycles. The summed E-state index contributed by atoms with van der Waals surface area (Å²) in [4.78, 5) is 5.18. The second kappa shape index (κ2) is 5.37. The molecule has 2 unspecified atom stereocenters. The van der Waals surface area contributed by atoms with Gasteiger partial charge in [0.2, 0.25) is 0 Å². The van der Waals surface area contributed by atoms with Crippen molar-refractivity contribution in [3.63, 3.8) is 0 Å². The summed E-state index contributed by atoms with van der Waals surface area (Å²) in [5.41, 5.74) is 8.50. The van der Waals surface area contributed by atoms with E-state index in [-0.39, 0.29) is 6.04 Å². The number of hydrogen-bond donors (Lipinski definition) is 1. The van der Waals surface area contributed by atoms with Crippen LogP contribution in [0.15, 0.2) is 0 Å². The van der Waals surface area contributed by atoms with Gasteiger partial charge in [-0.25, -0.2) is 0 Å². The number of anilines is 1. The summed E-state index contributed by atoms with van der Waals surface area (Å²) in [7, 11) is 2.06. The molecule has 112 valence electrons. The van der Waals surface area contributed by atoms with Crippen LogP contribution in [0, 0.1) is 6.92 Å². The Balaban J connectivity index is 1.85. The maximum absolute atomic E-state index is 6.02. The number of nitrogens with two attached hydrogens (primary N) is 1. The average molecular weight is 277 g/mol. The van der Waals surface area contributed by atoms with E-state index in [2.05, 4.69) is 40.5 Å². The molecule has 0 saturated carbocycles. The molecular formula is C15H27N5. The lowest BCUT2D eigenvalue weighted by atomic mass is 10.1. The summed E-state index contributed by atoms with van der Waals surface area (Å²) in [6, 6.07) is 0.923. The van der Waals surface area contributed by atoms with Crippen molar-refractivity contribution in [2.24, 2.45) is 12.8 Å². The minimum Gasteiger partial charge on any atom is -0.354 e. The Morgan fingerprint density at radius 1 is 1.35 bits per heavy atom. The lowest BCUT2D eigenvalue weighted by molar-refractivity contribution is 0.229. The number of nitrogens with zero attached hydrogens (tertiary/aromatic N) is 4. The molecule has 0 aromatic carbocycles. The van der Waals surface area contributed by atoms with Gasteiger partial charge in [0.05, 0.1) is 5.69 Å². The van der Waals surface area contributed by atoms with Crippen LogP contribution >= 0.6 is 0 Å². The van der Waals surface area contributed by atoms with E-state index in [1.165, 1.54) is 37.3 Å². The van der Waals surface area contributed by atoms with Crippen LogP contribution in [0.4, 0.5) is 5.82 Å². The Morgan fingerprint density at radius 2 is 2.15 bits per heavy atom. The number of aromatic nitrogens is 2. The zero-order valence-electron chi connectivity index (χ0n) is 13.0. The van der Waals surface area contributed by atoms with Crippen molar-refractivity contribution < 1.29 is 0 Å². The zero-order valence-corrected chi connectivity index (χ0v) is 13.0. The van der Waals surface area contributed by atoms with Gasteiger partial charge in [-0.15, -0.1) is 0 Å². The summed E-state index contributed by atoms with van der Waals surface area (Å²) in [5, 5.41) is 4.63. The minimum absolute atomic E-state index is 0.185. The molecule has 20 heavy (non-hydrogen) atoms. The lowest BCUT2D eigenvalue weighted by Crippen LogP contribution is -2.51. The van der Waals surface area contributed by atoms with Gasteiger partial charge in [0, 0.05) is 44.3 Å². The van der Waals surface area contributed by atoms with E-state index in [4.69, 9.17) is 5.73 Å². The monoisotopic (exact) mass is 277 g/mol. The molecule has 0 aliphatic carbocycles. The third kappa shape index (κ3) is 2.44. The van der Waals surface area contributed by atoms with E-state index in [9.17, 15) is 0 Å². The molecule has 5 heteroatoms. The van der Waals surface area contributed by atoms with Crippen LogP contribution < -0.4 is 10.6 Å². The van der Waals surface area contributed by atoms with Crippen molar-refractivity contribution >= 4 is 5.82 Å². The maximum atomic E-state index is 6.02. The number of aryl methyl sites for hydroxylation is 2. The molecule has 0 spiro atoms. The highest BCUT2D eigenvalue weighted by molar-refractivity contribution is 5.51. The first-order valence-electron chi connectivity index (χ1n) is 7.83. The van der Waals surface area contributed by atoms with E-state index in [0.717, 1.165) is 31.2 Å². The molecule has 0 bridgehead atoms. The van der Waals surface area contributed by atoms with E-state index in [1.54, 1.807) is 0 Å². The standard InChI is InChI=1S/C15H27N5/c1-11(16)9-14-12(2)17-18(3)15(14)20-8-7-19-6-4-5-13(19)10-20/h11,13H,4-10,16H2,1-3H3. The van der Waals surface area contributed by atoms with Crippen LogP contribution in [0.25, 0.3) is 0 Å². The van der Waals surface area contributed by atoms with Crippen molar-refractivity contribution in [2.45, 2.75) is 45.2 Å². The lowest BCUT2D eigenvalue weighted by Gasteiger charge is -2.39. The van der Waals surface area contributed by atoms with E-state index >= 15 is 0 Å². The minimum atomic E-state index is 0.185. The van der Waals surface area contributed by atoms with E-state index in [1.807, 2.05) is 0 Å². The summed E-state index contributed by atoms with van der Waals surface area (Å²) >= 11 is 0. The van der Waals surface area contributed by atoms with Gasteiger partial charge < -0.3 is 10.6 Å². The van der Waals surface area contributed by atoms with Gasteiger partial charge in [0.15, 0.2) is 0 Å². The Labute approximate surface area is 121 Å². The van der Waals surface area contributed by atoms with E-state index < -0.39 is 0 Å². The molecule has 2 saturated heterocycles. The van der Waals surface area contributed by atoms with Crippen LogP contribution in [0.2, 0.25) is 0 Å². The van der Waals surface area contributed by atoms with Gasteiger partial charge in [0.1, 0.15) is 5.82 Å². The van der Waals surface area contributed by atoms with Crippen molar-refractivity contribution in [3.8, 4) is 0 Å². The summed E-state index contributed by atoms with van der Waals surface area (Å²) in [6.07, 6.45) is 3.62. The highest BCUT2D eigenvalue weighted by atomic mass is 15.4. The Kier molecular flexibility index (Phi) is 3.73. The molecule has 1 aromatic heterocycles. The normalized spacial score (nSPS) is 25.0. The molecule has 2 atom stereocenters. The molecule has 2 aliphatic rings. The molecular weight excluding hydrogens is 250 g/mol. The SMILES string of the molecule is Cc1nn(C)c(N2CCN3CCCC3C2)c1CC(C)N. The van der Waals surface area contributed by atoms with E-state index in [0.29, 0.717) is 0 Å². The smallest absolute Gasteiger partial charge is 0.130 e. The molecule has 0 radical (unpaired) electrons. The first kappa shape index (κ1) is 13.9. The van der Waals surface area contributed by atoms with Crippen LogP contribution in [-0.2, 0) is 13.5 Å². The molecule has 3 rings (SSSR count). The fourth-order valence-corrected chi connectivity index (χ4v) is 3.83. The third-order valence-corrected chi connectivity index (χ3v) is 4.73. The molecule has 2 fully saturated rings. The number of piperazine rings is 1. The second-order valence-electron chi connectivity index (χ2n) is 6.47. The largest absolute Gasteiger partial charge is 0.354 e. The number of hydrogen-bond acceptors (Lipinski definition) is 4. The molecule has 0 amide bonds. The van der Waals surface area contributed by atoms with Crippen LogP contribution in [0.5, 0.6) is 0 Å². The maximum Gasteiger partial charge on any atom is 0.130 e. The predicted octanol–water partition coefficient (Wildman–Crippen LogP) is 0.903. The van der Waals surface area contributed by atoms with Crippen LogP contribution in [-0.4, -0.2) is 52.9 Å². The van der Waals surface area contributed by atoms with Crippen LogP contribution in [0.3, 0.4) is 0 Å². The van der Waals surface area contributed by atoms with Gasteiger partial charge in [-0.3, -0.25) is 9.58 Å². The highest BCUT2D eigenvalue weighted by Crippen LogP contribution is 2.29. The Morgan fingerprint density at radius 3 is 2.90 bits per heavy atom. The topological polar surface area (TPSA) is 50.3 Å². The number of rotatable bonds is 3. The quantitative estimate of drug-likeness (QED) is 0.892. The number of fused-ring (bicyclic) bond motifs is 1. The fourth-order valence-electron chi connectivity index (χ4n) is 3.83. The highest BCUT2D eigenvalue weighted by Gasteiger charge is 2.32. The zero-order chi connectivity index (χ0) is 14.3. The van der Waals surface area contributed by atoms with Gasteiger partial charge >= 0.3 is 0 Å². The second-order valence-corrected chi connectivity index (χ2v) is 6.47. The van der Waals surface area contributed by atoms with Gasteiger partial charge in [-0.05, 0) is 39.7 Å². The summed E-state index contributed by atoms with van der Waals surface area (Å²) in [5.74, 6) is 1.30. The first-order valence-corrected chi connectivity index (χ1v) is 7.83. The van der Waals surface area contributed by atoms with Gasteiger partial charge in [0.25, 0.3) is 0 Å². The van der Waals surface area contributed by atoms with Crippen LogP contribution in [0.1, 0.15) is 31.0 Å². The molecule has 5 nitrogen and oxygen atoms in total. The van der Waals surface area contributed by atoms with Crippen molar-refractivity contribution in [1.29, 1.82) is 0 Å². The average Bonchev–Trinajstić information content (AvgIpc) is 2.93. The first-order chi connectivity index (χ1) is 9.56. The van der Waals surface area contributed by atoms with Gasteiger partial charge in [-0.2, -0.15) is 5.10 Å². The Bertz CT molecular complexity index is 479. The fraction of sp³-hybridized carbons (Fsp3) is 0.800. The molecule has 2 N–H and O–H groups in total. The van der Waals surface area contributed by atoms with Crippen molar-refractivity contribution in [1.82, 2.24) is 14.7 Å². The van der Waals surface area contributed by atoms with Crippen molar-refractivity contribution in [2.75, 3.05) is 31.1 Å². The Hall–Kier alpha value is -1.07.